The molecule has 162 valence electrons. The standard InChI is InChI=1S/C26H34O4/c1-5-6-9-17(2)22(27)15-14-20-18(3)16-23-25(20)21-12-7-10-19(26(21)30-23)11-8-13-24(28)29-4/h7,10,12,14-15,17-18,20,22-23,25,27H,8-9,11,13,16H2,1-4H3/b15-14+/t17-,18-,20+,22-,23+,25+/m1/s1. The molecular formula is C26H34O4. The number of fused-ring (bicyclic) bond motifs is 3. The van der Waals surface area contributed by atoms with Gasteiger partial charge in [0.25, 0.3) is 0 Å². The lowest BCUT2D eigenvalue weighted by Crippen LogP contribution is -2.17. The van der Waals surface area contributed by atoms with Crippen molar-refractivity contribution in [3.63, 3.8) is 0 Å². The zero-order chi connectivity index (χ0) is 21.7. The van der Waals surface area contributed by atoms with E-state index >= 15 is 0 Å². The lowest BCUT2D eigenvalue weighted by Gasteiger charge is -2.20. The number of ether oxygens (including phenoxy) is 2. The predicted molar refractivity (Wildman–Crippen MR) is 118 cm³/mol. The number of rotatable bonds is 8. The van der Waals surface area contributed by atoms with Gasteiger partial charge in [-0.2, -0.15) is 0 Å². The molecule has 2 aliphatic rings. The molecule has 1 aromatic carbocycles. The van der Waals surface area contributed by atoms with E-state index in [4.69, 9.17) is 9.47 Å². The first kappa shape index (κ1) is 22.4. The van der Waals surface area contributed by atoms with E-state index < -0.39 is 6.10 Å². The Morgan fingerprint density at radius 3 is 2.97 bits per heavy atom. The van der Waals surface area contributed by atoms with Crippen molar-refractivity contribution in [2.75, 3.05) is 7.11 Å². The third-order valence-electron chi connectivity index (χ3n) is 6.60. The number of aliphatic hydroxyl groups is 1. The number of carbonyl (C=O) groups excluding carboxylic acids is 1. The Morgan fingerprint density at radius 1 is 1.43 bits per heavy atom. The molecule has 1 N–H and O–H groups in total. The molecule has 4 heteroatoms. The van der Waals surface area contributed by atoms with E-state index in [2.05, 4.69) is 43.0 Å². The quantitative estimate of drug-likeness (QED) is 0.385. The highest BCUT2D eigenvalue weighted by atomic mass is 16.5. The van der Waals surface area contributed by atoms with Gasteiger partial charge in [0, 0.05) is 24.3 Å². The first-order valence-corrected chi connectivity index (χ1v) is 11.1. The lowest BCUT2D eigenvalue weighted by atomic mass is 9.83. The summed E-state index contributed by atoms with van der Waals surface area (Å²) in [5.74, 6) is 8.09. The van der Waals surface area contributed by atoms with Gasteiger partial charge in [-0.1, -0.05) is 44.2 Å². The van der Waals surface area contributed by atoms with Crippen LogP contribution in [0.2, 0.25) is 0 Å². The number of hydrogen-bond donors (Lipinski definition) is 1. The van der Waals surface area contributed by atoms with Crippen molar-refractivity contribution < 1.29 is 19.4 Å². The van der Waals surface area contributed by atoms with Gasteiger partial charge in [-0.05, 0) is 49.5 Å². The molecule has 0 radical (unpaired) electrons. The summed E-state index contributed by atoms with van der Waals surface area (Å²) >= 11 is 0. The van der Waals surface area contributed by atoms with Crippen molar-refractivity contribution in [1.82, 2.24) is 0 Å². The normalized spacial score (nSPS) is 26.3. The summed E-state index contributed by atoms with van der Waals surface area (Å²) in [6.45, 7) is 6.14. The Kier molecular flexibility index (Phi) is 7.61. The number of para-hydroxylation sites is 1. The average molecular weight is 411 g/mol. The summed E-state index contributed by atoms with van der Waals surface area (Å²) in [5, 5.41) is 10.5. The Hall–Kier alpha value is -2.25. The monoisotopic (exact) mass is 410 g/mol. The second-order valence-electron chi connectivity index (χ2n) is 8.72. The van der Waals surface area contributed by atoms with E-state index in [1.54, 1.807) is 0 Å². The molecule has 0 bridgehead atoms. The maximum Gasteiger partial charge on any atom is 0.305 e. The fourth-order valence-corrected chi connectivity index (χ4v) is 4.81. The van der Waals surface area contributed by atoms with Gasteiger partial charge in [0.05, 0.1) is 13.2 Å². The van der Waals surface area contributed by atoms with Crippen LogP contribution in [-0.4, -0.2) is 30.4 Å². The van der Waals surface area contributed by atoms with E-state index in [0.29, 0.717) is 30.6 Å². The fraction of sp³-hybridized carbons (Fsp3) is 0.577. The van der Waals surface area contributed by atoms with Gasteiger partial charge in [0.2, 0.25) is 0 Å². The van der Waals surface area contributed by atoms with Crippen LogP contribution in [0.5, 0.6) is 5.75 Å². The predicted octanol–water partition coefficient (Wildman–Crippen LogP) is 4.65. The molecule has 0 saturated heterocycles. The molecule has 1 heterocycles. The second-order valence-corrected chi connectivity index (χ2v) is 8.72. The number of aliphatic hydroxyl groups excluding tert-OH is 1. The van der Waals surface area contributed by atoms with Crippen molar-refractivity contribution in [3.8, 4) is 17.6 Å². The molecular weight excluding hydrogens is 376 g/mol. The molecule has 1 saturated carbocycles. The smallest absolute Gasteiger partial charge is 0.305 e. The Bertz CT molecular complexity index is 831. The van der Waals surface area contributed by atoms with Crippen molar-refractivity contribution >= 4 is 5.97 Å². The van der Waals surface area contributed by atoms with Crippen LogP contribution < -0.4 is 4.74 Å². The third kappa shape index (κ3) is 4.90. The van der Waals surface area contributed by atoms with Gasteiger partial charge in [0.15, 0.2) is 0 Å². The van der Waals surface area contributed by atoms with E-state index in [1.165, 1.54) is 18.2 Å². The van der Waals surface area contributed by atoms with Gasteiger partial charge < -0.3 is 14.6 Å². The van der Waals surface area contributed by atoms with Crippen LogP contribution in [0.15, 0.2) is 30.4 Å². The minimum atomic E-state index is -0.483. The van der Waals surface area contributed by atoms with Crippen LogP contribution in [0.25, 0.3) is 0 Å². The summed E-state index contributed by atoms with van der Waals surface area (Å²) in [6.07, 6.45) is 7.58. The summed E-state index contributed by atoms with van der Waals surface area (Å²) in [4.78, 5) is 11.4. The summed E-state index contributed by atoms with van der Waals surface area (Å²) < 4.78 is 11.2. The number of carbonyl (C=O) groups is 1. The van der Waals surface area contributed by atoms with E-state index in [1.807, 2.05) is 19.9 Å². The minimum absolute atomic E-state index is 0.120. The maximum atomic E-state index is 11.4. The second kappa shape index (κ2) is 10.2. The van der Waals surface area contributed by atoms with E-state index in [0.717, 1.165) is 25.0 Å². The van der Waals surface area contributed by atoms with Crippen LogP contribution in [0, 0.1) is 29.6 Å². The van der Waals surface area contributed by atoms with Gasteiger partial charge in [-0.3, -0.25) is 4.79 Å². The highest BCUT2D eigenvalue weighted by Gasteiger charge is 2.47. The molecule has 1 aliphatic heterocycles. The summed E-state index contributed by atoms with van der Waals surface area (Å²) in [7, 11) is 1.43. The number of methoxy groups -OCH3 is 1. The van der Waals surface area contributed by atoms with Gasteiger partial charge in [-0.15, -0.1) is 11.8 Å². The lowest BCUT2D eigenvalue weighted by molar-refractivity contribution is -0.140. The first-order valence-electron chi connectivity index (χ1n) is 11.1. The first-order chi connectivity index (χ1) is 14.5. The Labute approximate surface area is 180 Å². The van der Waals surface area contributed by atoms with E-state index in [9.17, 15) is 9.90 Å². The summed E-state index contributed by atoms with van der Waals surface area (Å²) in [6, 6.07) is 6.38. The topological polar surface area (TPSA) is 55.8 Å². The zero-order valence-electron chi connectivity index (χ0n) is 18.6. The molecule has 3 rings (SSSR count). The molecule has 4 nitrogen and oxygen atoms in total. The molecule has 0 unspecified atom stereocenters. The third-order valence-corrected chi connectivity index (χ3v) is 6.60. The maximum absolute atomic E-state index is 11.4. The van der Waals surface area contributed by atoms with Crippen LogP contribution in [0.4, 0.5) is 0 Å². The molecule has 1 aliphatic carbocycles. The SMILES string of the molecule is CC#CC[C@@H](C)[C@H](O)/C=C/[C@@H]1[C@H]2c3cccc(CCCC(=O)OC)c3O[C@H]2C[C@H]1C. The van der Waals surface area contributed by atoms with E-state index in [-0.39, 0.29) is 18.0 Å². The Morgan fingerprint density at radius 2 is 2.23 bits per heavy atom. The van der Waals surface area contributed by atoms with Crippen LogP contribution in [0.3, 0.4) is 0 Å². The van der Waals surface area contributed by atoms with Gasteiger partial charge in [0.1, 0.15) is 11.9 Å². The molecule has 0 aromatic heterocycles. The molecule has 0 spiro atoms. The highest BCUT2D eigenvalue weighted by Crippen LogP contribution is 2.54. The van der Waals surface area contributed by atoms with Gasteiger partial charge in [-0.25, -0.2) is 0 Å². The zero-order valence-corrected chi connectivity index (χ0v) is 18.6. The molecule has 1 fully saturated rings. The minimum Gasteiger partial charge on any atom is -0.489 e. The largest absolute Gasteiger partial charge is 0.489 e. The van der Waals surface area contributed by atoms with Crippen LogP contribution in [-0.2, 0) is 16.0 Å². The molecule has 6 atom stereocenters. The number of benzene rings is 1. The van der Waals surface area contributed by atoms with Crippen molar-refractivity contribution in [2.24, 2.45) is 17.8 Å². The molecule has 30 heavy (non-hydrogen) atoms. The summed E-state index contributed by atoms with van der Waals surface area (Å²) in [5.41, 5.74) is 2.45. The fourth-order valence-electron chi connectivity index (χ4n) is 4.81. The molecule has 0 amide bonds. The number of allylic oxidation sites excluding steroid dienone is 1. The van der Waals surface area contributed by atoms with Crippen molar-refractivity contribution in [2.45, 2.75) is 71.0 Å². The average Bonchev–Trinajstić information content (AvgIpc) is 3.25. The highest BCUT2D eigenvalue weighted by molar-refractivity contribution is 5.69. The number of hydrogen-bond acceptors (Lipinski definition) is 4. The van der Waals surface area contributed by atoms with Crippen molar-refractivity contribution in [1.29, 1.82) is 0 Å². The van der Waals surface area contributed by atoms with Gasteiger partial charge >= 0.3 is 5.97 Å². The Balaban J connectivity index is 1.73. The van der Waals surface area contributed by atoms with Crippen molar-refractivity contribution in [3.05, 3.63) is 41.5 Å². The molecule has 1 aromatic rings. The number of esters is 1. The van der Waals surface area contributed by atoms with Crippen LogP contribution in [0.1, 0.15) is 63.5 Å². The number of aryl methyl sites for hydroxylation is 1. The van der Waals surface area contributed by atoms with Crippen LogP contribution >= 0.6 is 0 Å².